The Kier molecular flexibility index (Phi) is 10.7. The molecule has 4 saturated heterocycles. The van der Waals surface area contributed by atoms with Gasteiger partial charge < -0.3 is 25.2 Å². The van der Waals surface area contributed by atoms with E-state index in [4.69, 9.17) is 15.2 Å². The molecule has 0 unspecified atom stereocenters. The Morgan fingerprint density at radius 3 is 2.38 bits per heavy atom. The van der Waals surface area contributed by atoms with Gasteiger partial charge in [-0.05, 0) is 247 Å². The van der Waals surface area contributed by atoms with Crippen molar-refractivity contribution in [2.24, 2.45) is 103 Å². The van der Waals surface area contributed by atoms with E-state index in [1.807, 2.05) is 0 Å². The third kappa shape index (κ3) is 5.86. The Morgan fingerprint density at radius 2 is 1.54 bits per heavy atom. The van der Waals surface area contributed by atoms with Crippen LogP contribution in [0.3, 0.4) is 0 Å². The van der Waals surface area contributed by atoms with E-state index in [2.05, 4.69) is 47.1 Å². The van der Waals surface area contributed by atoms with Gasteiger partial charge in [0.05, 0.1) is 11.0 Å². The van der Waals surface area contributed by atoms with Crippen LogP contribution in [0.15, 0.2) is 64.3 Å². The van der Waals surface area contributed by atoms with Crippen molar-refractivity contribution in [3.8, 4) is 0 Å². The predicted molar refractivity (Wildman–Crippen MR) is 316 cm³/mol. The van der Waals surface area contributed by atoms with E-state index in [-0.39, 0.29) is 41.7 Å². The molecule has 11 fully saturated rings. The second-order valence-electron chi connectivity index (χ2n) is 33.2. The fourth-order valence-corrected chi connectivity index (χ4v) is 29.1. The smallest absolute Gasteiger partial charge is 0.339 e. The maximum Gasteiger partial charge on any atom is 0.339 e. The summed E-state index contributed by atoms with van der Waals surface area (Å²) in [5.41, 5.74) is 13.9. The molecule has 8 nitrogen and oxygen atoms in total. The Bertz CT molecular complexity index is 3070. The summed E-state index contributed by atoms with van der Waals surface area (Å²) in [6, 6.07) is 7.87. The second-order valence-corrected chi connectivity index (χ2v) is 33.2. The van der Waals surface area contributed by atoms with Gasteiger partial charge in [-0.25, -0.2) is 4.79 Å². The Balaban J connectivity index is 0.871. The molecule has 11 aliphatic carbocycles. The lowest BCUT2D eigenvalue weighted by Crippen LogP contribution is -2.78. The van der Waals surface area contributed by atoms with Gasteiger partial charge in [0.1, 0.15) is 11.2 Å². The zero-order chi connectivity index (χ0) is 54.5. The molecule has 19 rings (SSSR count). The fourth-order valence-electron chi connectivity index (χ4n) is 29.1. The van der Waals surface area contributed by atoms with Crippen LogP contribution in [0.25, 0.3) is 0 Å². The third-order valence-corrected chi connectivity index (χ3v) is 31.2. The number of aliphatic hydroxyl groups is 1. The van der Waals surface area contributed by atoms with Crippen LogP contribution in [-0.4, -0.2) is 64.6 Å². The van der Waals surface area contributed by atoms with Crippen LogP contribution in [0.1, 0.15) is 234 Å². The summed E-state index contributed by atoms with van der Waals surface area (Å²) >= 11 is 0. The Hall–Kier alpha value is -3.36. The summed E-state index contributed by atoms with van der Waals surface area (Å²) in [6.45, 7) is 5.49. The lowest BCUT2D eigenvalue weighted by atomic mass is 9.27. The van der Waals surface area contributed by atoms with Crippen molar-refractivity contribution in [3.63, 3.8) is 0 Å². The molecule has 0 amide bonds. The molecule has 18 atom stereocenters. The van der Waals surface area contributed by atoms with Crippen molar-refractivity contribution in [1.29, 1.82) is 0 Å². The van der Waals surface area contributed by atoms with Gasteiger partial charge in [0.2, 0.25) is 0 Å². The summed E-state index contributed by atoms with van der Waals surface area (Å²) < 4.78 is 15.3. The molecule has 7 aliphatic heterocycles. The van der Waals surface area contributed by atoms with Crippen molar-refractivity contribution in [3.05, 3.63) is 81.0 Å². The highest BCUT2D eigenvalue weighted by Crippen LogP contribution is 2.89. The number of ether oxygens (including phenoxy) is 2. The van der Waals surface area contributed by atoms with E-state index in [1.54, 1.807) is 16.8 Å². The minimum Gasteiger partial charge on any atom is -0.508 e. The number of hydrogen-bond acceptors (Lipinski definition) is 8. The number of nitrogens with zero attached hydrogens (tertiary/aromatic N) is 2. The summed E-state index contributed by atoms with van der Waals surface area (Å²) in [5, 5.41) is 14.7. The van der Waals surface area contributed by atoms with Crippen molar-refractivity contribution in [2.75, 3.05) is 19.6 Å². The number of benzene rings is 1. The number of carbonyl (C=O) groups is 2. The number of fused-ring (bicyclic) bond motifs is 10. The summed E-state index contributed by atoms with van der Waals surface area (Å²) in [5.74, 6) is 4.22. The molecule has 1 aromatic carbocycles. The van der Waals surface area contributed by atoms with Gasteiger partial charge >= 0.3 is 11.9 Å². The van der Waals surface area contributed by atoms with E-state index in [1.165, 1.54) is 173 Å². The summed E-state index contributed by atoms with van der Waals surface area (Å²) in [7, 11) is 0. The fraction of sp³-hybridized carbons (Fsp3) is 0.784. The first-order valence-corrected chi connectivity index (χ1v) is 35.4. The lowest BCUT2D eigenvalue weighted by molar-refractivity contribution is -0.283. The minimum atomic E-state index is -1.15. The number of aliphatic hydroxyl groups excluding tert-OH is 1. The van der Waals surface area contributed by atoms with Gasteiger partial charge in [0.15, 0.2) is 11.4 Å². The van der Waals surface area contributed by atoms with E-state index >= 15 is 9.59 Å². The lowest BCUT2D eigenvalue weighted by Gasteiger charge is -2.73. The number of aryl methyl sites for hydroxylation is 1. The molecule has 7 bridgehead atoms. The van der Waals surface area contributed by atoms with Crippen LogP contribution in [0.2, 0.25) is 0 Å². The molecular formula is C74H97N3O5. The first-order valence-electron chi connectivity index (χ1n) is 35.4. The number of carbonyl (C=O) groups excluding carboxylic acids is 2. The highest BCUT2D eigenvalue weighted by Gasteiger charge is 2.94. The van der Waals surface area contributed by atoms with Crippen LogP contribution in [0.5, 0.6) is 0 Å². The molecule has 82 heavy (non-hydrogen) atoms. The third-order valence-electron chi connectivity index (χ3n) is 31.2. The molecular weight excluding hydrogens is 1010 g/mol. The van der Waals surface area contributed by atoms with Crippen molar-refractivity contribution in [2.45, 2.75) is 243 Å². The molecule has 3 N–H and O–H groups in total. The standard InChI is InChI=1S/C74H97N3O5/c1-43-34-47-18-20-56-49-35-50-42-77(56)63(47)60-52-22-32-72-65(64(78)53-19-21-57(50)76(41-49)62(53)51-39-70(28-6-7-29-70)71(40-51)31-11-30-69(71)26-4-5-27-69)81-67(80)73(72)58(74(72)55-15-8-12-44(14-10-33-75)59(55)66(79)82-74)37-45(16-17-46(61(52)73)36-54(43)60)48-13-9-25-68(38-48)23-2-3-24-68/h8,12,15-17,43,45-46,48-51,53-54,56-58,60,62,78H,2-7,9-11,13-14,18-42,75H2,1H3/b17-16-,65-64+/t43-,45+,46-,48-,49-,50-,51+,53+,54-,56-,57+,58-,60-,62+,71-,72+,73+,74+/m0/s1. The van der Waals surface area contributed by atoms with Crippen LogP contribution in [0, 0.1) is 97.6 Å². The molecule has 7 heterocycles. The van der Waals surface area contributed by atoms with Gasteiger partial charge in [-0.2, -0.15) is 0 Å². The van der Waals surface area contributed by atoms with E-state index in [0.29, 0.717) is 106 Å². The topological polar surface area (TPSA) is 105 Å². The molecule has 8 heteroatoms. The predicted octanol–water partition coefficient (Wildman–Crippen LogP) is 15.1. The second kappa shape index (κ2) is 17.2. The monoisotopic (exact) mass is 1110 g/mol. The average molecular weight is 1110 g/mol. The molecule has 438 valence electrons. The van der Waals surface area contributed by atoms with Crippen molar-refractivity contribution >= 4 is 11.9 Å². The number of nitrogens with two attached hydrogens (primary N) is 1. The van der Waals surface area contributed by atoms with Gasteiger partial charge in [-0.1, -0.05) is 99.8 Å². The number of esters is 2. The number of piperidine rings is 3. The molecule has 0 radical (unpaired) electrons. The van der Waals surface area contributed by atoms with Gasteiger partial charge in [-0.3, -0.25) is 9.69 Å². The molecule has 1 aromatic rings. The van der Waals surface area contributed by atoms with E-state index < -0.39 is 16.4 Å². The first-order chi connectivity index (χ1) is 40.0. The van der Waals surface area contributed by atoms with Gasteiger partial charge in [0.25, 0.3) is 0 Å². The van der Waals surface area contributed by atoms with Crippen LogP contribution >= 0.6 is 0 Å². The molecule has 7 spiro atoms. The number of rotatable bonds is 5. The molecule has 0 aromatic heterocycles. The Labute approximate surface area is 490 Å². The maximum absolute atomic E-state index is 17.1. The normalized spacial score (nSPS) is 49.2. The van der Waals surface area contributed by atoms with Crippen LogP contribution in [0.4, 0.5) is 0 Å². The van der Waals surface area contributed by atoms with Gasteiger partial charge in [0, 0.05) is 60.2 Å². The highest BCUT2D eigenvalue weighted by atomic mass is 16.6. The van der Waals surface area contributed by atoms with E-state index in [9.17, 15) is 5.11 Å². The maximum atomic E-state index is 17.1. The van der Waals surface area contributed by atoms with Gasteiger partial charge in [-0.15, -0.1) is 0 Å². The highest BCUT2D eigenvalue weighted by molar-refractivity contribution is 6.00. The Morgan fingerprint density at radius 1 is 0.744 bits per heavy atom. The van der Waals surface area contributed by atoms with Crippen LogP contribution in [-0.2, 0) is 26.3 Å². The van der Waals surface area contributed by atoms with Crippen molar-refractivity contribution < 1.29 is 24.2 Å². The zero-order valence-electron chi connectivity index (χ0n) is 50.0. The summed E-state index contributed by atoms with van der Waals surface area (Å²) in [4.78, 5) is 39.1. The first kappa shape index (κ1) is 50.8. The quantitative estimate of drug-likeness (QED) is 0.222. The van der Waals surface area contributed by atoms with E-state index in [0.717, 1.165) is 61.8 Å². The summed E-state index contributed by atoms with van der Waals surface area (Å²) in [6.07, 6.45) is 46.2. The SMILES string of the molecule is C[C@H]1CC2=C3[C@H]4C5=C6[C@@H](/C=C\[C@@H]([C@H]7CCCC8(CCCC8)C7)C[C@H]7[C@]68C(=O)O/C(=C(/O)[C@@H]6CC[C@@H]9[C@H]%10C[C@@H](CN9[C@@H]6[C@@H]6CC9(CCCC9)[C@@]9(CCCC9%11CCCC%11)C6)[C@H](CC2)N3C%10)[C@@]8(CC5)[C@]72OC(=O)c3c(CCCN)cccc32)C[C@H]41. The zero-order valence-corrected chi connectivity index (χ0v) is 50.0. The largest absolute Gasteiger partial charge is 0.508 e. The average Bonchev–Trinajstić information content (AvgIpc) is 1.30. The minimum absolute atomic E-state index is 0.104. The van der Waals surface area contributed by atoms with Crippen molar-refractivity contribution in [1.82, 2.24) is 9.80 Å². The van der Waals surface area contributed by atoms with Crippen LogP contribution < -0.4 is 5.73 Å². The molecule has 18 aliphatic rings. The molecule has 7 saturated carbocycles. The number of hydrogen-bond donors (Lipinski definition) is 2. The number of allylic oxidation sites excluding steroid dienone is 4.